The lowest BCUT2D eigenvalue weighted by atomic mass is 10.0. The molecule has 1 fully saturated rings. The molecule has 23 heavy (non-hydrogen) atoms. The number of carbonyl (C=O) groups excluding carboxylic acids is 1. The van der Waals surface area contributed by atoms with Gasteiger partial charge in [-0.3, -0.25) is 4.90 Å². The summed E-state index contributed by atoms with van der Waals surface area (Å²) in [5.41, 5.74) is 0.716. The van der Waals surface area contributed by atoms with E-state index < -0.39 is 23.4 Å². The molecule has 0 radical (unpaired) electrons. The zero-order chi connectivity index (χ0) is 16.2. The van der Waals surface area contributed by atoms with Crippen LogP contribution in [0.1, 0.15) is 18.0 Å². The quantitative estimate of drug-likeness (QED) is 0.876. The number of halogens is 2. The third kappa shape index (κ3) is 3.68. The van der Waals surface area contributed by atoms with Gasteiger partial charge in [-0.1, -0.05) is 6.07 Å². The Morgan fingerprint density at radius 3 is 2.57 bits per heavy atom. The fourth-order valence-corrected chi connectivity index (χ4v) is 3.25. The van der Waals surface area contributed by atoms with Crippen molar-refractivity contribution in [1.29, 1.82) is 0 Å². The maximum absolute atomic E-state index is 13.5. The smallest absolute Gasteiger partial charge is 0.319 e. The normalized spacial score (nSPS) is 15.7. The van der Waals surface area contributed by atoms with Gasteiger partial charge in [0.1, 0.15) is 17.3 Å². The van der Waals surface area contributed by atoms with E-state index in [1.807, 2.05) is 11.4 Å². The number of hydrogen-bond donors (Lipinski definition) is 2. The molecule has 7 heteroatoms. The van der Waals surface area contributed by atoms with E-state index in [0.717, 1.165) is 37.2 Å². The van der Waals surface area contributed by atoms with Gasteiger partial charge in [0.15, 0.2) is 0 Å². The fourth-order valence-electron chi connectivity index (χ4n) is 2.54. The van der Waals surface area contributed by atoms with Crippen molar-refractivity contribution in [1.82, 2.24) is 10.2 Å². The maximum atomic E-state index is 13.5. The van der Waals surface area contributed by atoms with Crippen molar-refractivity contribution in [2.45, 2.75) is 12.5 Å². The van der Waals surface area contributed by atoms with Crippen molar-refractivity contribution in [2.75, 3.05) is 25.0 Å². The largest absolute Gasteiger partial charge is 0.336 e. The zero-order valence-electron chi connectivity index (χ0n) is 12.4. The van der Waals surface area contributed by atoms with Gasteiger partial charge < -0.3 is 10.6 Å². The van der Waals surface area contributed by atoms with Gasteiger partial charge in [0.25, 0.3) is 0 Å². The van der Waals surface area contributed by atoms with Crippen molar-refractivity contribution in [3.63, 3.8) is 0 Å². The van der Waals surface area contributed by atoms with Crippen molar-refractivity contribution in [3.8, 4) is 0 Å². The first-order valence-corrected chi connectivity index (χ1v) is 8.34. The van der Waals surface area contributed by atoms with Crippen LogP contribution in [-0.4, -0.2) is 30.6 Å². The van der Waals surface area contributed by atoms with Gasteiger partial charge in [0, 0.05) is 19.6 Å². The van der Waals surface area contributed by atoms with Gasteiger partial charge in [-0.2, -0.15) is 11.3 Å². The first-order chi connectivity index (χ1) is 11.1. The second kappa shape index (κ2) is 7.06. The Morgan fingerprint density at radius 2 is 2.00 bits per heavy atom. The van der Waals surface area contributed by atoms with E-state index in [4.69, 9.17) is 0 Å². The molecule has 3 rings (SSSR count). The molecular weight excluding hydrogens is 320 g/mol. The standard InChI is InChI=1S/C16H17F2N3OS/c17-12-3-1-4-13(18)15(12)20-16(22)19-9-14(21-6-2-7-21)11-5-8-23-10-11/h1,3-5,8,10,14H,2,6-7,9H2,(H2,19,20,22)/t14-/m1/s1. The third-order valence-corrected chi connectivity index (χ3v) is 4.62. The number of hydrogen-bond acceptors (Lipinski definition) is 3. The highest BCUT2D eigenvalue weighted by Gasteiger charge is 2.26. The molecule has 0 unspecified atom stereocenters. The van der Waals surface area contributed by atoms with Crippen LogP contribution in [0.4, 0.5) is 19.3 Å². The number of nitrogens with one attached hydrogen (secondary N) is 2. The van der Waals surface area contributed by atoms with Gasteiger partial charge in [0.2, 0.25) is 0 Å². The molecule has 1 aromatic carbocycles. The lowest BCUT2D eigenvalue weighted by Gasteiger charge is -2.38. The first-order valence-electron chi connectivity index (χ1n) is 7.40. The maximum Gasteiger partial charge on any atom is 0.319 e. The van der Waals surface area contributed by atoms with Gasteiger partial charge in [-0.05, 0) is 40.9 Å². The summed E-state index contributed by atoms with van der Waals surface area (Å²) in [5.74, 6) is -1.59. The number of thiophene rings is 1. The number of anilines is 1. The van der Waals surface area contributed by atoms with Crippen LogP contribution in [0, 0.1) is 11.6 Å². The lowest BCUT2D eigenvalue weighted by molar-refractivity contribution is 0.118. The number of urea groups is 1. The van der Waals surface area contributed by atoms with E-state index in [2.05, 4.69) is 20.9 Å². The van der Waals surface area contributed by atoms with E-state index in [-0.39, 0.29) is 6.04 Å². The molecule has 2 heterocycles. The minimum absolute atomic E-state index is 0.0891. The van der Waals surface area contributed by atoms with Crippen molar-refractivity contribution in [2.24, 2.45) is 0 Å². The summed E-state index contributed by atoms with van der Waals surface area (Å²) >= 11 is 1.61. The molecule has 1 saturated heterocycles. The summed E-state index contributed by atoms with van der Waals surface area (Å²) in [6.45, 7) is 2.37. The summed E-state index contributed by atoms with van der Waals surface area (Å²) in [6.07, 6.45) is 1.15. The average molecular weight is 337 g/mol. The molecular formula is C16H17F2N3OS. The minimum atomic E-state index is -0.794. The first kappa shape index (κ1) is 15.9. The van der Waals surface area contributed by atoms with Crippen molar-refractivity contribution in [3.05, 3.63) is 52.2 Å². The molecule has 2 N–H and O–H groups in total. The molecule has 0 spiro atoms. The van der Waals surface area contributed by atoms with Crippen LogP contribution < -0.4 is 10.6 Å². The second-order valence-corrected chi connectivity index (χ2v) is 6.17. The molecule has 2 amide bonds. The van der Waals surface area contributed by atoms with Crippen LogP contribution >= 0.6 is 11.3 Å². The molecule has 1 aliphatic rings. The van der Waals surface area contributed by atoms with Crippen LogP contribution in [0.25, 0.3) is 0 Å². The molecule has 0 bridgehead atoms. The molecule has 4 nitrogen and oxygen atoms in total. The Morgan fingerprint density at radius 1 is 1.26 bits per heavy atom. The molecule has 122 valence electrons. The Kier molecular flexibility index (Phi) is 4.88. The predicted octanol–water partition coefficient (Wildman–Crippen LogP) is 3.59. The number of carbonyl (C=O) groups is 1. The summed E-state index contributed by atoms with van der Waals surface area (Å²) in [6, 6.07) is 4.97. The molecule has 0 aliphatic carbocycles. The number of para-hydroxylation sites is 1. The monoisotopic (exact) mass is 337 g/mol. The van der Waals surface area contributed by atoms with Crippen LogP contribution in [0.3, 0.4) is 0 Å². The number of nitrogens with zero attached hydrogens (tertiary/aromatic N) is 1. The Hall–Kier alpha value is -1.99. The Bertz CT molecular complexity index is 654. The van der Waals surface area contributed by atoms with Gasteiger partial charge in [0.05, 0.1) is 6.04 Å². The van der Waals surface area contributed by atoms with Crippen LogP contribution in [0.15, 0.2) is 35.0 Å². The SMILES string of the molecule is O=C(NC[C@H](c1ccsc1)N1CCC1)Nc1c(F)cccc1F. The van der Waals surface area contributed by atoms with E-state index in [1.54, 1.807) is 11.3 Å². The highest BCUT2D eigenvalue weighted by Crippen LogP contribution is 2.26. The average Bonchev–Trinajstić information content (AvgIpc) is 2.99. The van der Waals surface area contributed by atoms with E-state index >= 15 is 0 Å². The highest BCUT2D eigenvalue weighted by molar-refractivity contribution is 7.07. The highest BCUT2D eigenvalue weighted by atomic mass is 32.1. The molecule has 1 aliphatic heterocycles. The van der Waals surface area contributed by atoms with Gasteiger partial charge >= 0.3 is 6.03 Å². The molecule has 1 atom stereocenters. The van der Waals surface area contributed by atoms with Crippen molar-refractivity contribution >= 4 is 23.1 Å². The van der Waals surface area contributed by atoms with Crippen LogP contribution in [0.5, 0.6) is 0 Å². The van der Waals surface area contributed by atoms with Crippen LogP contribution in [-0.2, 0) is 0 Å². The van der Waals surface area contributed by atoms with E-state index in [0.29, 0.717) is 6.54 Å². The predicted molar refractivity (Wildman–Crippen MR) is 86.6 cm³/mol. The summed E-state index contributed by atoms with van der Waals surface area (Å²) < 4.78 is 27.1. The summed E-state index contributed by atoms with van der Waals surface area (Å²) in [4.78, 5) is 14.2. The second-order valence-electron chi connectivity index (χ2n) is 5.39. The molecule has 0 saturated carbocycles. The fraction of sp³-hybridized carbons (Fsp3) is 0.312. The topological polar surface area (TPSA) is 44.4 Å². The van der Waals surface area contributed by atoms with E-state index in [9.17, 15) is 13.6 Å². The lowest BCUT2D eigenvalue weighted by Crippen LogP contribution is -2.45. The van der Waals surface area contributed by atoms with E-state index in [1.165, 1.54) is 6.07 Å². The molecule has 2 aromatic rings. The number of rotatable bonds is 5. The van der Waals surface area contributed by atoms with Gasteiger partial charge in [-0.25, -0.2) is 13.6 Å². The molecule has 1 aromatic heterocycles. The zero-order valence-corrected chi connectivity index (χ0v) is 13.2. The third-order valence-electron chi connectivity index (χ3n) is 3.92. The Labute approximate surface area is 137 Å². The minimum Gasteiger partial charge on any atom is -0.336 e. The summed E-state index contributed by atoms with van der Waals surface area (Å²) in [5, 5.41) is 8.99. The van der Waals surface area contributed by atoms with Gasteiger partial charge in [-0.15, -0.1) is 0 Å². The summed E-state index contributed by atoms with van der Waals surface area (Å²) in [7, 11) is 0. The Balaban J connectivity index is 1.61. The van der Waals surface area contributed by atoms with Crippen molar-refractivity contribution < 1.29 is 13.6 Å². The number of amides is 2. The number of benzene rings is 1. The number of likely N-dealkylation sites (tertiary alicyclic amines) is 1. The van der Waals surface area contributed by atoms with Crippen LogP contribution in [0.2, 0.25) is 0 Å².